The number of ketones is 1. The maximum atomic E-state index is 14.6. The van der Waals surface area contributed by atoms with Gasteiger partial charge < -0.3 is 4.90 Å². The summed E-state index contributed by atoms with van der Waals surface area (Å²) in [7, 11) is 0. The van der Waals surface area contributed by atoms with E-state index in [9.17, 15) is 13.6 Å². The Morgan fingerprint density at radius 2 is 1.76 bits per heavy atom. The van der Waals surface area contributed by atoms with Gasteiger partial charge >= 0.3 is 0 Å². The van der Waals surface area contributed by atoms with Crippen LogP contribution in [0.2, 0.25) is 0 Å². The van der Waals surface area contributed by atoms with Crippen molar-refractivity contribution in [3.63, 3.8) is 0 Å². The van der Waals surface area contributed by atoms with Crippen LogP contribution >= 0.6 is 0 Å². The maximum absolute atomic E-state index is 14.6. The van der Waals surface area contributed by atoms with E-state index < -0.39 is 17.4 Å². The van der Waals surface area contributed by atoms with Gasteiger partial charge in [0.05, 0.1) is 17.3 Å². The average Bonchev–Trinajstić information content (AvgIpc) is 3.23. The molecule has 0 amide bonds. The molecular formula is C26H27F2N5O. The number of Topliss-reactive ketones (excluding diaryl/α,β-unsaturated/α-hetero) is 1. The van der Waals surface area contributed by atoms with E-state index in [4.69, 9.17) is 0 Å². The molecule has 1 aromatic carbocycles. The van der Waals surface area contributed by atoms with Crippen molar-refractivity contribution >= 4 is 29.3 Å². The normalized spacial score (nSPS) is 15.0. The van der Waals surface area contributed by atoms with Gasteiger partial charge in [-0.2, -0.15) is 0 Å². The molecular weight excluding hydrogens is 436 g/mol. The van der Waals surface area contributed by atoms with Gasteiger partial charge in [0.2, 0.25) is 0 Å². The van der Waals surface area contributed by atoms with Crippen LogP contribution in [0.5, 0.6) is 0 Å². The first-order valence-electron chi connectivity index (χ1n) is 11.2. The van der Waals surface area contributed by atoms with Crippen LogP contribution in [-0.2, 0) is 0 Å². The second-order valence-electron chi connectivity index (χ2n) is 8.59. The van der Waals surface area contributed by atoms with Crippen molar-refractivity contribution in [2.45, 2.75) is 39.7 Å². The van der Waals surface area contributed by atoms with E-state index in [1.54, 1.807) is 19.1 Å². The van der Waals surface area contributed by atoms with Crippen LogP contribution in [0.25, 0.3) is 17.7 Å². The molecule has 1 aliphatic heterocycles. The fourth-order valence-electron chi connectivity index (χ4n) is 4.28. The molecule has 2 aromatic heterocycles. The standard InChI is InChI=1S/C26H27F2N5O/c1-5-23-22(14-17(3)20-7-8-21(18(4)34)26(28)25(20)27)30-31-33(23)19-10-12-32(13-11-19)24-9-6-16(2)15-29-24/h5-9,14-15,19H,1,10-13H2,2-4H3/b17-14+. The average molecular weight is 464 g/mol. The summed E-state index contributed by atoms with van der Waals surface area (Å²) in [5, 5.41) is 8.63. The van der Waals surface area contributed by atoms with Gasteiger partial charge in [-0.3, -0.25) is 4.79 Å². The number of piperidine rings is 1. The number of hydrogen-bond acceptors (Lipinski definition) is 5. The van der Waals surface area contributed by atoms with Crippen molar-refractivity contribution in [2.24, 2.45) is 0 Å². The van der Waals surface area contributed by atoms with Crippen LogP contribution in [0.3, 0.4) is 0 Å². The zero-order valence-electron chi connectivity index (χ0n) is 19.6. The van der Waals surface area contributed by atoms with E-state index >= 15 is 0 Å². The summed E-state index contributed by atoms with van der Waals surface area (Å²) in [4.78, 5) is 18.3. The molecule has 0 bridgehead atoms. The van der Waals surface area contributed by atoms with Crippen molar-refractivity contribution in [1.82, 2.24) is 20.0 Å². The predicted molar refractivity (Wildman–Crippen MR) is 129 cm³/mol. The van der Waals surface area contributed by atoms with Crippen molar-refractivity contribution in [1.29, 1.82) is 0 Å². The largest absolute Gasteiger partial charge is 0.356 e. The number of rotatable bonds is 6. The lowest BCUT2D eigenvalue weighted by Crippen LogP contribution is -2.35. The molecule has 3 heterocycles. The summed E-state index contributed by atoms with van der Waals surface area (Å²) in [6.45, 7) is 10.5. The van der Waals surface area contributed by atoms with Gasteiger partial charge in [-0.1, -0.05) is 23.9 Å². The van der Waals surface area contributed by atoms with Gasteiger partial charge in [-0.05, 0) is 69.0 Å². The monoisotopic (exact) mass is 463 g/mol. The number of carbonyl (C=O) groups excluding carboxylic acids is 1. The third-order valence-electron chi connectivity index (χ3n) is 6.22. The number of nitrogens with zero attached hydrogens (tertiary/aromatic N) is 5. The fraction of sp³-hybridized carbons (Fsp3) is 0.308. The van der Waals surface area contributed by atoms with Crippen LogP contribution in [-0.4, -0.2) is 38.9 Å². The molecule has 3 aromatic rings. The second kappa shape index (κ2) is 9.67. The van der Waals surface area contributed by atoms with E-state index in [-0.39, 0.29) is 17.2 Å². The molecule has 0 spiro atoms. The lowest BCUT2D eigenvalue weighted by Gasteiger charge is -2.33. The summed E-state index contributed by atoms with van der Waals surface area (Å²) in [5.41, 5.74) is 2.68. The van der Waals surface area contributed by atoms with Crippen molar-refractivity contribution in [3.05, 3.63) is 76.8 Å². The van der Waals surface area contributed by atoms with Gasteiger partial charge in [-0.15, -0.1) is 5.10 Å². The molecule has 4 rings (SSSR count). The molecule has 0 atom stereocenters. The van der Waals surface area contributed by atoms with Gasteiger partial charge in [0.25, 0.3) is 0 Å². The molecule has 176 valence electrons. The smallest absolute Gasteiger partial charge is 0.170 e. The quantitative estimate of drug-likeness (QED) is 0.451. The van der Waals surface area contributed by atoms with Crippen molar-refractivity contribution in [3.8, 4) is 0 Å². The minimum absolute atomic E-state index is 0.0750. The third kappa shape index (κ3) is 4.53. The van der Waals surface area contributed by atoms with Crippen molar-refractivity contribution in [2.75, 3.05) is 18.0 Å². The first-order valence-corrected chi connectivity index (χ1v) is 11.2. The highest BCUT2D eigenvalue weighted by atomic mass is 19.2. The highest BCUT2D eigenvalue weighted by molar-refractivity contribution is 5.95. The lowest BCUT2D eigenvalue weighted by molar-refractivity contribution is 0.101. The van der Waals surface area contributed by atoms with Gasteiger partial charge in [0.15, 0.2) is 17.4 Å². The second-order valence-corrected chi connectivity index (χ2v) is 8.59. The number of pyridine rings is 1. The van der Waals surface area contributed by atoms with Crippen LogP contribution < -0.4 is 4.90 Å². The number of hydrogen-bond donors (Lipinski definition) is 0. The van der Waals surface area contributed by atoms with Crippen LogP contribution in [0.15, 0.2) is 37.0 Å². The van der Waals surface area contributed by atoms with Crippen molar-refractivity contribution < 1.29 is 13.6 Å². The maximum Gasteiger partial charge on any atom is 0.170 e. The van der Waals surface area contributed by atoms with Gasteiger partial charge in [-0.25, -0.2) is 18.4 Å². The topological polar surface area (TPSA) is 63.9 Å². The van der Waals surface area contributed by atoms with Crippen LogP contribution in [0.1, 0.15) is 65.6 Å². The Morgan fingerprint density at radius 1 is 1.09 bits per heavy atom. The molecule has 1 aliphatic rings. The number of anilines is 1. The Kier molecular flexibility index (Phi) is 6.68. The summed E-state index contributed by atoms with van der Waals surface area (Å²) < 4.78 is 30.8. The molecule has 0 radical (unpaired) electrons. The van der Waals surface area contributed by atoms with Crippen LogP contribution in [0.4, 0.5) is 14.6 Å². The number of aryl methyl sites for hydroxylation is 1. The predicted octanol–water partition coefficient (Wildman–Crippen LogP) is 5.51. The first-order chi connectivity index (χ1) is 16.3. The van der Waals surface area contributed by atoms with Gasteiger partial charge in [0.1, 0.15) is 11.5 Å². The number of allylic oxidation sites excluding steroid dienone is 1. The summed E-state index contributed by atoms with van der Waals surface area (Å²) >= 11 is 0. The van der Waals surface area contributed by atoms with E-state index in [0.29, 0.717) is 11.3 Å². The molecule has 0 unspecified atom stereocenters. The molecule has 0 N–H and O–H groups in total. The first kappa shape index (κ1) is 23.5. The zero-order chi connectivity index (χ0) is 24.4. The summed E-state index contributed by atoms with van der Waals surface area (Å²) in [5.74, 6) is -1.74. The van der Waals surface area contributed by atoms with E-state index in [0.717, 1.165) is 43.0 Å². The summed E-state index contributed by atoms with van der Waals surface area (Å²) in [6, 6.07) is 6.96. The van der Waals surface area contributed by atoms with Gasteiger partial charge in [0, 0.05) is 24.8 Å². The number of halogens is 2. The Balaban J connectivity index is 1.55. The lowest BCUT2D eigenvalue weighted by atomic mass is 10.0. The molecule has 34 heavy (non-hydrogen) atoms. The SMILES string of the molecule is C=Cc1c(/C=C(\C)c2ccc(C(C)=O)c(F)c2F)nnn1C1CCN(c2ccc(C)cn2)CC1. The number of benzene rings is 1. The molecule has 6 nitrogen and oxygen atoms in total. The van der Waals surface area contributed by atoms with E-state index in [2.05, 4.69) is 32.8 Å². The minimum atomic E-state index is -1.14. The Bertz CT molecular complexity index is 1250. The van der Waals surface area contributed by atoms with Crippen LogP contribution in [0, 0.1) is 18.6 Å². The molecule has 0 aliphatic carbocycles. The fourth-order valence-corrected chi connectivity index (χ4v) is 4.28. The number of carbonyl (C=O) groups is 1. The van der Waals surface area contributed by atoms with E-state index in [1.807, 2.05) is 23.9 Å². The Morgan fingerprint density at radius 3 is 2.38 bits per heavy atom. The highest BCUT2D eigenvalue weighted by Crippen LogP contribution is 2.29. The molecule has 0 saturated carbocycles. The Labute approximate surface area is 197 Å². The molecule has 1 saturated heterocycles. The third-order valence-corrected chi connectivity index (χ3v) is 6.22. The zero-order valence-corrected chi connectivity index (χ0v) is 19.6. The Hall–Kier alpha value is -3.68. The molecule has 1 fully saturated rings. The van der Waals surface area contributed by atoms with E-state index in [1.165, 1.54) is 19.1 Å². The summed E-state index contributed by atoms with van der Waals surface area (Å²) in [6.07, 6.45) is 6.96. The highest BCUT2D eigenvalue weighted by Gasteiger charge is 2.25. The minimum Gasteiger partial charge on any atom is -0.356 e. The molecule has 8 heteroatoms. The number of aromatic nitrogens is 4.